The Balaban J connectivity index is 4.01. The lowest BCUT2D eigenvalue weighted by Gasteiger charge is -2.21. The highest BCUT2D eigenvalue weighted by Gasteiger charge is 2.29. The van der Waals surface area contributed by atoms with E-state index in [0.29, 0.717) is 6.61 Å². The van der Waals surface area contributed by atoms with E-state index in [2.05, 4.69) is 0 Å². The van der Waals surface area contributed by atoms with Gasteiger partial charge in [0.25, 0.3) is 0 Å². The van der Waals surface area contributed by atoms with Crippen LogP contribution in [0, 0.1) is 16.7 Å². The Labute approximate surface area is 84.5 Å². The minimum Gasteiger partial charge on any atom is -0.466 e. The van der Waals surface area contributed by atoms with Gasteiger partial charge in [-0.1, -0.05) is 6.92 Å². The SMILES string of the molecule is CCCOC(=O)CC(O)C(C)(C)C#N. The summed E-state index contributed by atoms with van der Waals surface area (Å²) in [4.78, 5) is 11.1. The molecule has 0 saturated heterocycles. The predicted octanol–water partition coefficient (Wildman–Crippen LogP) is 1.24. The average molecular weight is 199 g/mol. The standard InChI is InChI=1S/C10H17NO3/c1-4-5-14-9(13)6-8(12)10(2,3)7-11/h8,12H,4-6H2,1-3H3. The molecule has 14 heavy (non-hydrogen) atoms. The van der Waals surface area contributed by atoms with Crippen molar-refractivity contribution in [3.05, 3.63) is 0 Å². The number of aliphatic hydroxyl groups excluding tert-OH is 1. The number of nitrogens with zero attached hydrogens (tertiary/aromatic N) is 1. The van der Waals surface area contributed by atoms with Crippen molar-refractivity contribution in [1.29, 1.82) is 5.26 Å². The summed E-state index contributed by atoms with van der Waals surface area (Å²) >= 11 is 0. The minimum absolute atomic E-state index is 0.124. The van der Waals surface area contributed by atoms with E-state index in [9.17, 15) is 9.90 Å². The molecule has 1 N–H and O–H groups in total. The van der Waals surface area contributed by atoms with E-state index < -0.39 is 17.5 Å². The Hall–Kier alpha value is -1.08. The summed E-state index contributed by atoms with van der Waals surface area (Å²) < 4.78 is 4.79. The van der Waals surface area contributed by atoms with E-state index in [1.807, 2.05) is 13.0 Å². The van der Waals surface area contributed by atoms with Gasteiger partial charge in [-0.2, -0.15) is 5.26 Å². The molecule has 0 fully saturated rings. The third-order valence-corrected chi connectivity index (χ3v) is 1.95. The first-order valence-electron chi connectivity index (χ1n) is 4.69. The number of hydrogen-bond acceptors (Lipinski definition) is 4. The van der Waals surface area contributed by atoms with Gasteiger partial charge in [0.05, 0.1) is 30.6 Å². The summed E-state index contributed by atoms with van der Waals surface area (Å²) in [6.45, 7) is 5.43. The molecule has 0 aliphatic heterocycles. The van der Waals surface area contributed by atoms with Gasteiger partial charge < -0.3 is 9.84 Å². The number of ether oxygens (including phenoxy) is 1. The molecular weight excluding hydrogens is 182 g/mol. The maximum Gasteiger partial charge on any atom is 0.308 e. The molecule has 0 aliphatic carbocycles. The fourth-order valence-corrected chi connectivity index (χ4v) is 0.762. The van der Waals surface area contributed by atoms with E-state index in [1.54, 1.807) is 13.8 Å². The topological polar surface area (TPSA) is 70.3 Å². The first-order chi connectivity index (χ1) is 6.44. The molecule has 0 heterocycles. The van der Waals surface area contributed by atoms with Crippen LogP contribution < -0.4 is 0 Å². The van der Waals surface area contributed by atoms with E-state index in [-0.39, 0.29) is 6.42 Å². The van der Waals surface area contributed by atoms with Crippen LogP contribution in [0.3, 0.4) is 0 Å². The Bertz CT molecular complexity index is 230. The molecule has 1 atom stereocenters. The van der Waals surface area contributed by atoms with Gasteiger partial charge in [-0.25, -0.2) is 0 Å². The smallest absolute Gasteiger partial charge is 0.308 e. The van der Waals surface area contributed by atoms with Crippen LogP contribution in [0.5, 0.6) is 0 Å². The van der Waals surface area contributed by atoms with Gasteiger partial charge in [0.2, 0.25) is 0 Å². The lowest BCUT2D eigenvalue weighted by Crippen LogP contribution is -2.30. The van der Waals surface area contributed by atoms with Crippen LogP contribution in [0.2, 0.25) is 0 Å². The lowest BCUT2D eigenvalue weighted by molar-refractivity contribution is -0.147. The van der Waals surface area contributed by atoms with E-state index >= 15 is 0 Å². The van der Waals surface area contributed by atoms with Crippen LogP contribution in [0.1, 0.15) is 33.6 Å². The molecule has 0 aromatic heterocycles. The van der Waals surface area contributed by atoms with Gasteiger partial charge in [-0.15, -0.1) is 0 Å². The van der Waals surface area contributed by atoms with Crippen molar-refractivity contribution in [2.45, 2.75) is 39.7 Å². The maximum absolute atomic E-state index is 11.1. The molecule has 0 spiro atoms. The largest absolute Gasteiger partial charge is 0.466 e. The van der Waals surface area contributed by atoms with Crippen LogP contribution in [0.15, 0.2) is 0 Å². The normalized spacial score (nSPS) is 13.1. The van der Waals surface area contributed by atoms with Gasteiger partial charge in [0, 0.05) is 0 Å². The van der Waals surface area contributed by atoms with Crippen molar-refractivity contribution in [3.8, 4) is 6.07 Å². The average Bonchev–Trinajstić information content (AvgIpc) is 2.14. The fraction of sp³-hybridized carbons (Fsp3) is 0.800. The number of carbonyl (C=O) groups is 1. The van der Waals surface area contributed by atoms with Crippen molar-refractivity contribution in [1.82, 2.24) is 0 Å². The van der Waals surface area contributed by atoms with E-state index in [1.165, 1.54) is 0 Å². The second-order valence-corrected chi connectivity index (χ2v) is 3.77. The van der Waals surface area contributed by atoms with Crippen LogP contribution in [-0.4, -0.2) is 23.8 Å². The van der Waals surface area contributed by atoms with Crippen molar-refractivity contribution in [3.63, 3.8) is 0 Å². The highest BCUT2D eigenvalue weighted by atomic mass is 16.5. The molecular formula is C10H17NO3. The molecule has 0 aromatic carbocycles. The summed E-state index contributed by atoms with van der Waals surface area (Å²) in [5.41, 5.74) is -0.911. The fourth-order valence-electron chi connectivity index (χ4n) is 0.762. The highest BCUT2D eigenvalue weighted by molar-refractivity contribution is 5.70. The zero-order chi connectivity index (χ0) is 11.2. The highest BCUT2D eigenvalue weighted by Crippen LogP contribution is 2.21. The summed E-state index contributed by atoms with van der Waals surface area (Å²) in [5, 5.41) is 18.2. The summed E-state index contributed by atoms with van der Waals surface area (Å²) in [6, 6.07) is 1.94. The zero-order valence-corrected chi connectivity index (χ0v) is 8.91. The molecule has 0 saturated carbocycles. The Morgan fingerprint density at radius 3 is 2.64 bits per heavy atom. The number of esters is 1. The number of nitriles is 1. The van der Waals surface area contributed by atoms with Gasteiger partial charge in [-0.3, -0.25) is 4.79 Å². The first-order valence-corrected chi connectivity index (χ1v) is 4.69. The third-order valence-electron chi connectivity index (χ3n) is 1.95. The summed E-state index contributed by atoms with van der Waals surface area (Å²) in [6.07, 6.45) is -0.346. The molecule has 80 valence electrons. The Kier molecular flexibility index (Phi) is 5.18. The van der Waals surface area contributed by atoms with Crippen molar-refractivity contribution < 1.29 is 14.6 Å². The first kappa shape index (κ1) is 12.9. The number of carbonyl (C=O) groups excluding carboxylic acids is 1. The Morgan fingerprint density at radius 2 is 2.21 bits per heavy atom. The van der Waals surface area contributed by atoms with Crippen LogP contribution in [-0.2, 0) is 9.53 Å². The second kappa shape index (κ2) is 5.61. The number of hydrogen-bond donors (Lipinski definition) is 1. The molecule has 4 heteroatoms. The predicted molar refractivity (Wildman–Crippen MR) is 51.3 cm³/mol. The monoisotopic (exact) mass is 199 g/mol. The second-order valence-electron chi connectivity index (χ2n) is 3.77. The summed E-state index contributed by atoms with van der Waals surface area (Å²) in [7, 11) is 0. The molecule has 0 rings (SSSR count). The quantitative estimate of drug-likeness (QED) is 0.676. The molecule has 0 aromatic rings. The van der Waals surface area contributed by atoms with Crippen molar-refractivity contribution in [2.75, 3.05) is 6.61 Å². The van der Waals surface area contributed by atoms with E-state index in [0.717, 1.165) is 6.42 Å². The van der Waals surface area contributed by atoms with Gasteiger partial charge >= 0.3 is 5.97 Å². The minimum atomic E-state index is -0.975. The molecule has 0 radical (unpaired) electrons. The Morgan fingerprint density at radius 1 is 1.64 bits per heavy atom. The van der Waals surface area contributed by atoms with Crippen molar-refractivity contribution in [2.24, 2.45) is 5.41 Å². The van der Waals surface area contributed by atoms with Gasteiger partial charge in [0.1, 0.15) is 0 Å². The lowest BCUT2D eigenvalue weighted by atomic mass is 9.87. The maximum atomic E-state index is 11.1. The molecule has 0 aliphatic rings. The van der Waals surface area contributed by atoms with Crippen LogP contribution >= 0.6 is 0 Å². The molecule has 4 nitrogen and oxygen atoms in total. The molecule has 1 unspecified atom stereocenters. The molecule has 0 bridgehead atoms. The van der Waals surface area contributed by atoms with Crippen molar-refractivity contribution >= 4 is 5.97 Å². The van der Waals surface area contributed by atoms with Gasteiger partial charge in [0.15, 0.2) is 0 Å². The zero-order valence-electron chi connectivity index (χ0n) is 8.91. The number of aliphatic hydroxyl groups is 1. The van der Waals surface area contributed by atoms with Gasteiger partial charge in [-0.05, 0) is 20.3 Å². The van der Waals surface area contributed by atoms with E-state index in [4.69, 9.17) is 10.00 Å². The third kappa shape index (κ3) is 4.24. The van der Waals surface area contributed by atoms with Crippen LogP contribution in [0.4, 0.5) is 0 Å². The number of rotatable bonds is 5. The molecule has 0 amide bonds. The summed E-state index contributed by atoms with van der Waals surface area (Å²) in [5.74, 6) is -0.456. The van der Waals surface area contributed by atoms with Crippen LogP contribution in [0.25, 0.3) is 0 Å².